The van der Waals surface area contributed by atoms with Crippen molar-refractivity contribution in [3.8, 4) is 0 Å². The number of hydrogen-bond acceptors (Lipinski definition) is 4. The van der Waals surface area contributed by atoms with Crippen molar-refractivity contribution in [2.75, 3.05) is 19.6 Å². The number of carboxylic acid groups (broad SMARTS) is 1. The van der Waals surface area contributed by atoms with E-state index in [2.05, 4.69) is 25.7 Å². The largest absolute Gasteiger partial charge is 0.478 e. The molecule has 1 saturated carbocycles. The zero-order valence-corrected chi connectivity index (χ0v) is 19.8. The number of amides is 1. The number of amidine groups is 1. The summed E-state index contributed by atoms with van der Waals surface area (Å²) in [5, 5.41) is 9.14. The van der Waals surface area contributed by atoms with Crippen LogP contribution < -0.4 is 0 Å². The molecule has 6 heteroatoms. The zero-order valence-electron chi connectivity index (χ0n) is 19.8. The summed E-state index contributed by atoms with van der Waals surface area (Å²) in [6.07, 6.45) is 8.23. The fourth-order valence-corrected chi connectivity index (χ4v) is 5.62. The van der Waals surface area contributed by atoms with Crippen LogP contribution in [0.2, 0.25) is 0 Å². The molecule has 1 aliphatic carbocycles. The molecule has 174 valence electrons. The van der Waals surface area contributed by atoms with Crippen LogP contribution in [0.5, 0.6) is 0 Å². The van der Waals surface area contributed by atoms with Crippen LogP contribution in [0.3, 0.4) is 0 Å². The highest BCUT2D eigenvalue weighted by Gasteiger charge is 2.50. The summed E-state index contributed by atoms with van der Waals surface area (Å²) in [4.78, 5) is 34.2. The van der Waals surface area contributed by atoms with Gasteiger partial charge in [-0.3, -0.25) is 4.79 Å². The number of carbonyl (C=O) groups is 2. The molecule has 0 unspecified atom stereocenters. The smallest absolute Gasteiger partial charge is 0.335 e. The van der Waals surface area contributed by atoms with E-state index >= 15 is 0 Å². The first-order valence-electron chi connectivity index (χ1n) is 12.2. The van der Waals surface area contributed by atoms with Crippen molar-refractivity contribution < 1.29 is 14.7 Å². The standard InChI is InChI=1S/C26H37N3O3/c1-25(2,3)21-11-14-26(15-12-21)27-22(28-16-5-4-6-17-28)23(30)29(26)18-13-19-7-9-20(10-8-19)24(31)32/h7-10,21H,4-6,11-18H2,1-3H3,(H,31,32). The first-order valence-corrected chi connectivity index (χ1v) is 12.2. The van der Waals surface area contributed by atoms with Crippen LogP contribution in [-0.4, -0.2) is 57.9 Å². The van der Waals surface area contributed by atoms with E-state index in [-0.39, 0.29) is 11.3 Å². The number of rotatable bonds is 4. The SMILES string of the molecule is CC(C)(C)C1CCC2(CC1)N=C(N1CCCCC1)C(=O)N2CCc1ccc(C(=O)O)cc1. The van der Waals surface area contributed by atoms with Crippen molar-refractivity contribution >= 4 is 17.7 Å². The first-order chi connectivity index (χ1) is 15.2. The maximum absolute atomic E-state index is 13.6. The van der Waals surface area contributed by atoms with Gasteiger partial charge >= 0.3 is 5.97 Å². The average Bonchev–Trinajstić information content (AvgIpc) is 3.04. The van der Waals surface area contributed by atoms with Crippen molar-refractivity contribution in [3.63, 3.8) is 0 Å². The van der Waals surface area contributed by atoms with E-state index in [9.17, 15) is 9.59 Å². The zero-order chi connectivity index (χ0) is 22.9. The Bertz CT molecular complexity index is 871. The summed E-state index contributed by atoms with van der Waals surface area (Å²) in [7, 11) is 0. The molecule has 1 aromatic rings. The molecule has 4 rings (SSSR count). The summed E-state index contributed by atoms with van der Waals surface area (Å²) in [6, 6.07) is 7.01. The second-order valence-corrected chi connectivity index (χ2v) is 10.8. The molecule has 1 aromatic carbocycles. The molecule has 1 spiro atoms. The highest BCUT2D eigenvalue weighted by molar-refractivity contribution is 6.39. The van der Waals surface area contributed by atoms with Gasteiger partial charge in [0.25, 0.3) is 5.91 Å². The minimum absolute atomic E-state index is 0.0864. The number of benzene rings is 1. The Morgan fingerprint density at radius 1 is 1.09 bits per heavy atom. The Labute approximate surface area is 191 Å². The van der Waals surface area contributed by atoms with Gasteiger partial charge in [-0.2, -0.15) is 0 Å². The number of carboxylic acids is 1. The van der Waals surface area contributed by atoms with Crippen LogP contribution >= 0.6 is 0 Å². The molecule has 2 aliphatic heterocycles. The number of aromatic carboxylic acids is 1. The molecule has 6 nitrogen and oxygen atoms in total. The molecule has 2 fully saturated rings. The van der Waals surface area contributed by atoms with E-state index < -0.39 is 11.6 Å². The van der Waals surface area contributed by atoms with Crippen molar-refractivity contribution in [3.05, 3.63) is 35.4 Å². The van der Waals surface area contributed by atoms with Crippen LogP contribution in [0.15, 0.2) is 29.3 Å². The third-order valence-electron chi connectivity index (χ3n) is 7.74. The Kier molecular flexibility index (Phi) is 6.33. The number of nitrogens with zero attached hydrogens (tertiary/aromatic N) is 3. The van der Waals surface area contributed by atoms with Gasteiger partial charge in [-0.05, 0) is 80.4 Å². The van der Waals surface area contributed by atoms with E-state index in [1.54, 1.807) is 12.1 Å². The lowest BCUT2D eigenvalue weighted by Crippen LogP contribution is -2.51. The van der Waals surface area contributed by atoms with Gasteiger partial charge in [0.15, 0.2) is 5.84 Å². The molecule has 3 aliphatic rings. The maximum atomic E-state index is 13.6. The number of hydrogen-bond donors (Lipinski definition) is 1. The Balaban J connectivity index is 1.53. The molecule has 2 heterocycles. The second-order valence-electron chi connectivity index (χ2n) is 10.8. The molecule has 1 saturated heterocycles. The van der Waals surface area contributed by atoms with E-state index in [0.717, 1.165) is 57.2 Å². The van der Waals surface area contributed by atoms with Gasteiger partial charge in [0, 0.05) is 19.6 Å². The predicted molar refractivity (Wildman–Crippen MR) is 126 cm³/mol. The molecule has 1 amide bonds. The van der Waals surface area contributed by atoms with E-state index in [0.29, 0.717) is 30.3 Å². The maximum Gasteiger partial charge on any atom is 0.335 e. The van der Waals surface area contributed by atoms with Gasteiger partial charge in [-0.1, -0.05) is 32.9 Å². The fourth-order valence-electron chi connectivity index (χ4n) is 5.62. The van der Waals surface area contributed by atoms with Crippen molar-refractivity contribution in [2.24, 2.45) is 16.3 Å². The fraction of sp³-hybridized carbons (Fsp3) is 0.654. The molecule has 0 radical (unpaired) electrons. The lowest BCUT2D eigenvalue weighted by atomic mass is 9.69. The van der Waals surface area contributed by atoms with Gasteiger partial charge in [-0.25, -0.2) is 9.79 Å². The highest BCUT2D eigenvalue weighted by Crippen LogP contribution is 2.46. The first kappa shape index (κ1) is 22.8. The monoisotopic (exact) mass is 439 g/mol. The lowest BCUT2D eigenvalue weighted by molar-refractivity contribution is -0.130. The van der Waals surface area contributed by atoms with Crippen molar-refractivity contribution in [1.82, 2.24) is 9.80 Å². The summed E-state index contributed by atoms with van der Waals surface area (Å²) in [5.74, 6) is 0.506. The van der Waals surface area contributed by atoms with Gasteiger partial charge in [-0.15, -0.1) is 0 Å². The Hall–Kier alpha value is -2.37. The summed E-state index contributed by atoms with van der Waals surface area (Å²) >= 11 is 0. The molecule has 32 heavy (non-hydrogen) atoms. The quantitative estimate of drug-likeness (QED) is 0.745. The topological polar surface area (TPSA) is 73.2 Å². The summed E-state index contributed by atoms with van der Waals surface area (Å²) in [5.41, 5.74) is 1.21. The van der Waals surface area contributed by atoms with Crippen LogP contribution in [0.4, 0.5) is 0 Å². The molecule has 0 aromatic heterocycles. The number of piperidine rings is 1. The van der Waals surface area contributed by atoms with E-state index in [1.165, 1.54) is 6.42 Å². The number of likely N-dealkylation sites (tertiary alicyclic amines) is 1. The lowest BCUT2D eigenvalue weighted by Gasteiger charge is -2.44. The van der Waals surface area contributed by atoms with E-state index in [1.807, 2.05) is 17.0 Å². The third kappa shape index (κ3) is 4.55. The highest BCUT2D eigenvalue weighted by atomic mass is 16.4. The molecule has 0 bridgehead atoms. The predicted octanol–water partition coefficient (Wildman–Crippen LogP) is 4.59. The molecule has 0 atom stereocenters. The molecular formula is C26H37N3O3. The summed E-state index contributed by atoms with van der Waals surface area (Å²) < 4.78 is 0. The van der Waals surface area contributed by atoms with Crippen molar-refractivity contribution in [2.45, 2.75) is 77.8 Å². The third-order valence-corrected chi connectivity index (χ3v) is 7.74. The molecular weight excluding hydrogens is 402 g/mol. The number of carbonyl (C=O) groups excluding carboxylic acids is 1. The minimum Gasteiger partial charge on any atom is -0.478 e. The van der Waals surface area contributed by atoms with Crippen LogP contribution in [-0.2, 0) is 11.2 Å². The van der Waals surface area contributed by atoms with Gasteiger partial charge in [0.05, 0.1) is 5.56 Å². The second kappa shape index (κ2) is 8.87. The Morgan fingerprint density at radius 3 is 2.28 bits per heavy atom. The van der Waals surface area contributed by atoms with Gasteiger partial charge in [0.2, 0.25) is 0 Å². The van der Waals surface area contributed by atoms with Crippen LogP contribution in [0.25, 0.3) is 0 Å². The van der Waals surface area contributed by atoms with Gasteiger partial charge in [0.1, 0.15) is 5.66 Å². The average molecular weight is 440 g/mol. The normalized spacial score (nSPS) is 26.5. The minimum atomic E-state index is -0.916. The Morgan fingerprint density at radius 2 is 1.72 bits per heavy atom. The number of aliphatic imine (C=N–C) groups is 1. The van der Waals surface area contributed by atoms with Crippen molar-refractivity contribution in [1.29, 1.82) is 0 Å². The molecule has 1 N–H and O–H groups in total. The van der Waals surface area contributed by atoms with Crippen LogP contribution in [0, 0.1) is 11.3 Å². The van der Waals surface area contributed by atoms with E-state index in [4.69, 9.17) is 10.1 Å². The summed E-state index contributed by atoms with van der Waals surface area (Å²) in [6.45, 7) is 9.42. The van der Waals surface area contributed by atoms with Gasteiger partial charge < -0.3 is 14.9 Å². The van der Waals surface area contributed by atoms with Crippen LogP contribution in [0.1, 0.15) is 81.6 Å².